The molecule has 106 valence electrons. The number of rotatable bonds is 5. The van der Waals surface area contributed by atoms with Crippen molar-refractivity contribution >= 4 is 19.7 Å². The molecule has 0 saturated carbocycles. The van der Waals surface area contributed by atoms with Gasteiger partial charge in [-0.3, -0.25) is 0 Å². The highest BCUT2D eigenvalue weighted by Gasteiger charge is 2.23. The topological polar surface area (TPSA) is 29.5 Å². The van der Waals surface area contributed by atoms with Gasteiger partial charge in [-0.1, -0.05) is 49.1 Å². The smallest absolute Gasteiger partial charge is 0.112 e. The van der Waals surface area contributed by atoms with E-state index in [1.54, 1.807) is 7.11 Å². The van der Waals surface area contributed by atoms with Gasteiger partial charge in [-0.05, 0) is 30.2 Å². The summed E-state index contributed by atoms with van der Waals surface area (Å²) in [6, 6.07) is 7.41. The largest absolute Gasteiger partial charge is 0.386 e. The van der Waals surface area contributed by atoms with E-state index in [1.165, 1.54) is 0 Å². The van der Waals surface area contributed by atoms with Gasteiger partial charge in [0.25, 0.3) is 0 Å². The highest BCUT2D eigenvalue weighted by atomic mass is 35.5. The predicted octanol–water partition coefficient (Wildman–Crippen LogP) is 4.21. The van der Waals surface area contributed by atoms with Crippen LogP contribution in [-0.4, -0.2) is 26.4 Å². The third-order valence-electron chi connectivity index (χ3n) is 2.87. The van der Waals surface area contributed by atoms with Crippen LogP contribution in [0.5, 0.6) is 0 Å². The molecule has 0 aliphatic rings. The third kappa shape index (κ3) is 5.11. The molecule has 0 bridgehead atoms. The Morgan fingerprint density at radius 3 is 2.21 bits per heavy atom. The Kier molecular flexibility index (Phi) is 5.80. The van der Waals surface area contributed by atoms with Crippen molar-refractivity contribution in [1.82, 2.24) is 0 Å². The quantitative estimate of drug-likeness (QED) is 0.825. The highest BCUT2D eigenvalue weighted by molar-refractivity contribution is 6.81. The van der Waals surface area contributed by atoms with Gasteiger partial charge in [0.05, 0.1) is 8.07 Å². The summed E-state index contributed by atoms with van der Waals surface area (Å²) in [5, 5.41) is 11.1. The first-order chi connectivity index (χ1) is 8.74. The molecule has 0 heterocycles. The van der Waals surface area contributed by atoms with Crippen LogP contribution >= 0.6 is 11.6 Å². The van der Waals surface area contributed by atoms with Gasteiger partial charge in [-0.2, -0.15) is 0 Å². The molecule has 0 amide bonds. The summed E-state index contributed by atoms with van der Waals surface area (Å²) >= 11 is 5.88. The molecular formula is C15H23ClO2Si. The maximum atomic E-state index is 10.5. The van der Waals surface area contributed by atoms with Crippen LogP contribution in [0, 0.1) is 0 Å². The number of methoxy groups -OCH3 is 1. The monoisotopic (exact) mass is 298 g/mol. The average molecular weight is 299 g/mol. The molecule has 2 nitrogen and oxygen atoms in total. The molecule has 0 aromatic heterocycles. The number of aliphatic hydroxyl groups is 1. The third-order valence-corrected chi connectivity index (χ3v) is 4.44. The predicted molar refractivity (Wildman–Crippen MR) is 84.3 cm³/mol. The first-order valence-electron chi connectivity index (χ1n) is 6.40. The molecule has 0 saturated heterocycles. The Balaban J connectivity index is 2.97. The highest BCUT2D eigenvalue weighted by Crippen LogP contribution is 2.27. The van der Waals surface area contributed by atoms with Crippen LogP contribution in [0.25, 0.3) is 0 Å². The molecule has 1 N–H and O–H groups in total. The Labute approximate surface area is 122 Å². The van der Waals surface area contributed by atoms with E-state index in [1.807, 2.05) is 31.2 Å². The van der Waals surface area contributed by atoms with Crippen molar-refractivity contribution in [2.24, 2.45) is 0 Å². The molecule has 0 spiro atoms. The van der Waals surface area contributed by atoms with Crippen molar-refractivity contribution in [3.63, 3.8) is 0 Å². The van der Waals surface area contributed by atoms with Crippen LogP contribution in [0.3, 0.4) is 0 Å². The molecular weight excluding hydrogens is 276 g/mol. The molecule has 0 aliphatic heterocycles. The number of ether oxygens (including phenoxy) is 1. The first kappa shape index (κ1) is 16.4. The molecule has 1 aromatic carbocycles. The van der Waals surface area contributed by atoms with Gasteiger partial charge in [0.1, 0.15) is 12.2 Å². The number of aliphatic hydroxyl groups excluding tert-OH is 1. The van der Waals surface area contributed by atoms with E-state index in [9.17, 15) is 5.11 Å². The van der Waals surface area contributed by atoms with Crippen molar-refractivity contribution in [2.75, 3.05) is 7.11 Å². The van der Waals surface area contributed by atoms with E-state index in [0.29, 0.717) is 5.02 Å². The van der Waals surface area contributed by atoms with Crippen LogP contribution in [0.2, 0.25) is 24.7 Å². The summed E-state index contributed by atoms with van der Waals surface area (Å²) in [4.78, 5) is 0. The summed E-state index contributed by atoms with van der Waals surface area (Å²) in [5.41, 5.74) is 4.11. The molecule has 0 aliphatic carbocycles. The molecule has 0 fully saturated rings. The number of halogens is 1. The van der Waals surface area contributed by atoms with Gasteiger partial charge in [-0.15, -0.1) is 0 Å². The maximum Gasteiger partial charge on any atom is 0.112 e. The fourth-order valence-electron chi connectivity index (χ4n) is 2.11. The Hall–Kier alpha value is -0.613. The van der Waals surface area contributed by atoms with Crippen LogP contribution in [0.15, 0.2) is 35.5 Å². The van der Waals surface area contributed by atoms with Gasteiger partial charge in [0.2, 0.25) is 0 Å². The van der Waals surface area contributed by atoms with Gasteiger partial charge >= 0.3 is 0 Å². The fourth-order valence-corrected chi connectivity index (χ4v) is 3.77. The number of benzene rings is 1. The summed E-state index contributed by atoms with van der Waals surface area (Å²) < 4.78 is 5.46. The van der Waals surface area contributed by atoms with E-state index < -0.39 is 14.2 Å². The molecule has 0 unspecified atom stereocenters. The van der Waals surface area contributed by atoms with Crippen molar-refractivity contribution in [3.05, 3.63) is 46.1 Å². The van der Waals surface area contributed by atoms with E-state index in [0.717, 1.165) is 11.1 Å². The minimum Gasteiger partial charge on any atom is -0.386 e. The lowest BCUT2D eigenvalue weighted by atomic mass is 10.00. The van der Waals surface area contributed by atoms with Gasteiger partial charge in [0.15, 0.2) is 0 Å². The standard InChI is InChI=1S/C15H23ClO2Si/c1-11(10-19(3,4)5)14(17)15(18-2)12-6-8-13(16)9-7-12/h6-10,14-15,17H,1-5H3/b11-10+/t14-,15-/m0/s1. The van der Waals surface area contributed by atoms with Gasteiger partial charge < -0.3 is 9.84 Å². The normalized spacial score (nSPS) is 16.3. The lowest BCUT2D eigenvalue weighted by Crippen LogP contribution is -2.25. The molecule has 1 aromatic rings. The second-order valence-electron chi connectivity index (χ2n) is 5.91. The van der Waals surface area contributed by atoms with E-state index >= 15 is 0 Å². The lowest BCUT2D eigenvalue weighted by Gasteiger charge is -2.24. The average Bonchev–Trinajstić information content (AvgIpc) is 2.30. The zero-order chi connectivity index (χ0) is 14.6. The number of hydrogen-bond donors (Lipinski definition) is 1. The molecule has 1 rings (SSSR count). The van der Waals surface area contributed by atoms with Crippen molar-refractivity contribution in [3.8, 4) is 0 Å². The lowest BCUT2D eigenvalue weighted by molar-refractivity contribution is 0.00539. The minimum absolute atomic E-state index is 0.357. The zero-order valence-corrected chi connectivity index (χ0v) is 14.0. The summed E-state index contributed by atoms with van der Waals surface area (Å²) in [6.45, 7) is 8.69. The summed E-state index contributed by atoms with van der Waals surface area (Å²) in [6.07, 6.45) is -0.984. The summed E-state index contributed by atoms with van der Waals surface area (Å²) in [5.74, 6) is 0. The Morgan fingerprint density at radius 2 is 1.79 bits per heavy atom. The summed E-state index contributed by atoms with van der Waals surface area (Å²) in [7, 11) is 0.265. The second-order valence-corrected chi connectivity index (χ2v) is 11.4. The molecule has 2 atom stereocenters. The maximum absolute atomic E-state index is 10.5. The number of hydrogen-bond acceptors (Lipinski definition) is 2. The fraction of sp³-hybridized carbons (Fsp3) is 0.467. The second kappa shape index (κ2) is 6.71. The van der Waals surface area contributed by atoms with Gasteiger partial charge in [-0.25, -0.2) is 0 Å². The van der Waals surface area contributed by atoms with Crippen molar-refractivity contribution in [1.29, 1.82) is 0 Å². The first-order valence-corrected chi connectivity index (χ1v) is 10.4. The van der Waals surface area contributed by atoms with Crippen LogP contribution in [-0.2, 0) is 4.74 Å². The SMILES string of the molecule is CO[C@@H](c1ccc(Cl)cc1)[C@@H](O)/C(C)=C/[Si](C)(C)C. The Morgan fingerprint density at radius 1 is 1.26 bits per heavy atom. The van der Waals surface area contributed by atoms with Gasteiger partial charge in [0, 0.05) is 12.1 Å². The van der Waals surface area contributed by atoms with Crippen LogP contribution in [0.4, 0.5) is 0 Å². The van der Waals surface area contributed by atoms with E-state index in [-0.39, 0.29) is 6.10 Å². The Bertz CT molecular complexity index is 434. The van der Waals surface area contributed by atoms with Crippen molar-refractivity contribution < 1.29 is 9.84 Å². The van der Waals surface area contributed by atoms with Crippen LogP contribution in [0.1, 0.15) is 18.6 Å². The minimum atomic E-state index is -1.35. The molecule has 19 heavy (non-hydrogen) atoms. The van der Waals surface area contributed by atoms with E-state index in [2.05, 4.69) is 25.3 Å². The van der Waals surface area contributed by atoms with Crippen molar-refractivity contribution in [2.45, 2.75) is 38.8 Å². The van der Waals surface area contributed by atoms with E-state index in [4.69, 9.17) is 16.3 Å². The molecule has 0 radical (unpaired) electrons. The van der Waals surface area contributed by atoms with Crippen LogP contribution < -0.4 is 0 Å². The molecule has 4 heteroatoms. The zero-order valence-electron chi connectivity index (χ0n) is 12.3.